The molecule has 0 atom stereocenters. The Balaban J connectivity index is 1.86. The zero-order valence-electron chi connectivity index (χ0n) is 13.9. The second kappa shape index (κ2) is 6.91. The summed E-state index contributed by atoms with van der Waals surface area (Å²) >= 11 is 7.52. The highest BCUT2D eigenvalue weighted by atomic mass is 35.5. The maximum Gasteiger partial charge on any atom is 0.240 e. The maximum absolute atomic E-state index is 12.5. The molecule has 2 aromatic heterocycles. The molecule has 0 aliphatic heterocycles. The molecule has 1 aromatic carbocycles. The molecule has 7 nitrogen and oxygen atoms in total. The van der Waals surface area contributed by atoms with E-state index >= 15 is 0 Å². The zero-order chi connectivity index (χ0) is 18.2. The number of rotatable bonds is 6. The SMILES string of the molecule is CCc1nn2c(CNS(=O)(=O)c3ccc(OC)c(Cl)c3)c(C)nc2s1. The number of imidazole rings is 1. The Morgan fingerprint density at radius 1 is 1.40 bits per heavy atom. The third kappa shape index (κ3) is 3.50. The average Bonchev–Trinajstić information content (AvgIpc) is 3.09. The van der Waals surface area contributed by atoms with Crippen LogP contribution in [0.3, 0.4) is 0 Å². The molecule has 0 bridgehead atoms. The van der Waals surface area contributed by atoms with Gasteiger partial charge in [0.25, 0.3) is 0 Å². The first-order valence-electron chi connectivity index (χ1n) is 7.53. The highest BCUT2D eigenvalue weighted by Gasteiger charge is 2.19. The Bertz CT molecular complexity index is 1030. The van der Waals surface area contributed by atoms with E-state index in [0.29, 0.717) is 11.4 Å². The lowest BCUT2D eigenvalue weighted by molar-refractivity contribution is 0.414. The van der Waals surface area contributed by atoms with E-state index in [1.807, 2.05) is 13.8 Å². The summed E-state index contributed by atoms with van der Waals surface area (Å²) in [4.78, 5) is 5.27. The minimum absolute atomic E-state index is 0.0734. The normalized spacial score (nSPS) is 12.0. The third-order valence-corrected chi connectivity index (χ3v) is 6.45. The van der Waals surface area contributed by atoms with E-state index in [2.05, 4.69) is 14.8 Å². The van der Waals surface area contributed by atoms with Crippen molar-refractivity contribution in [3.05, 3.63) is 39.6 Å². The molecule has 0 radical (unpaired) electrons. The quantitative estimate of drug-likeness (QED) is 0.687. The van der Waals surface area contributed by atoms with Gasteiger partial charge in [0.15, 0.2) is 0 Å². The van der Waals surface area contributed by atoms with Gasteiger partial charge < -0.3 is 4.74 Å². The van der Waals surface area contributed by atoms with E-state index in [1.54, 1.807) is 4.52 Å². The molecule has 3 rings (SSSR count). The van der Waals surface area contributed by atoms with Gasteiger partial charge >= 0.3 is 0 Å². The van der Waals surface area contributed by atoms with E-state index in [9.17, 15) is 8.42 Å². The lowest BCUT2D eigenvalue weighted by Gasteiger charge is -2.09. The Hall–Kier alpha value is -1.68. The van der Waals surface area contributed by atoms with E-state index in [1.165, 1.54) is 36.6 Å². The summed E-state index contributed by atoms with van der Waals surface area (Å²) in [6, 6.07) is 4.33. The number of hydrogen-bond donors (Lipinski definition) is 1. The van der Waals surface area contributed by atoms with Crippen LogP contribution in [-0.2, 0) is 23.0 Å². The number of hydrogen-bond acceptors (Lipinski definition) is 6. The molecule has 3 aromatic rings. The van der Waals surface area contributed by atoms with Crippen molar-refractivity contribution in [1.82, 2.24) is 19.3 Å². The van der Waals surface area contributed by atoms with Crippen LogP contribution in [0.1, 0.15) is 23.3 Å². The molecule has 10 heteroatoms. The first-order valence-corrected chi connectivity index (χ1v) is 10.2. The molecule has 0 spiro atoms. The zero-order valence-corrected chi connectivity index (χ0v) is 16.3. The predicted molar refractivity (Wildman–Crippen MR) is 97.0 cm³/mol. The fourth-order valence-corrected chi connectivity index (χ4v) is 4.57. The monoisotopic (exact) mass is 400 g/mol. The van der Waals surface area contributed by atoms with Crippen LogP contribution < -0.4 is 9.46 Å². The number of sulfonamides is 1. The Labute approximate surface area is 154 Å². The standard InChI is InChI=1S/C15H17ClN4O3S2/c1-4-14-19-20-12(9(2)18-15(20)24-14)8-17-25(21,22)10-5-6-13(23-3)11(16)7-10/h5-7,17H,4,8H2,1-3H3. The molecule has 2 heterocycles. The van der Waals surface area contributed by atoms with Crippen LogP contribution in [0, 0.1) is 6.92 Å². The largest absolute Gasteiger partial charge is 0.495 e. The summed E-state index contributed by atoms with van der Waals surface area (Å²) in [7, 11) is -2.25. The van der Waals surface area contributed by atoms with Crippen molar-refractivity contribution in [2.45, 2.75) is 31.7 Å². The van der Waals surface area contributed by atoms with Crippen molar-refractivity contribution in [3.63, 3.8) is 0 Å². The van der Waals surface area contributed by atoms with Gasteiger partial charge in [0.2, 0.25) is 15.0 Å². The Morgan fingerprint density at radius 3 is 2.80 bits per heavy atom. The number of benzene rings is 1. The number of fused-ring (bicyclic) bond motifs is 1. The number of nitrogens with zero attached hydrogens (tertiary/aromatic N) is 3. The fraction of sp³-hybridized carbons (Fsp3) is 0.333. The summed E-state index contributed by atoms with van der Waals surface area (Å²) in [5.41, 5.74) is 1.46. The minimum Gasteiger partial charge on any atom is -0.495 e. The molecule has 1 N–H and O–H groups in total. The van der Waals surface area contributed by atoms with E-state index in [4.69, 9.17) is 16.3 Å². The number of nitrogens with one attached hydrogen (secondary N) is 1. The van der Waals surface area contributed by atoms with Gasteiger partial charge in [-0.2, -0.15) is 5.10 Å². The van der Waals surface area contributed by atoms with Crippen LogP contribution in [0.4, 0.5) is 0 Å². The van der Waals surface area contributed by atoms with Crippen molar-refractivity contribution < 1.29 is 13.2 Å². The van der Waals surface area contributed by atoms with Gasteiger partial charge in [0.1, 0.15) is 10.8 Å². The number of halogens is 1. The van der Waals surface area contributed by atoms with Gasteiger partial charge in [-0.05, 0) is 31.5 Å². The maximum atomic E-state index is 12.5. The van der Waals surface area contributed by atoms with E-state index in [-0.39, 0.29) is 16.5 Å². The molecule has 0 unspecified atom stereocenters. The van der Waals surface area contributed by atoms with E-state index in [0.717, 1.165) is 22.1 Å². The molecule has 0 amide bonds. The van der Waals surface area contributed by atoms with Crippen molar-refractivity contribution in [2.75, 3.05) is 7.11 Å². The predicted octanol–water partition coefficient (Wildman–Crippen LogP) is 2.80. The number of methoxy groups -OCH3 is 1. The molecular weight excluding hydrogens is 384 g/mol. The van der Waals surface area contributed by atoms with Crippen molar-refractivity contribution in [1.29, 1.82) is 0 Å². The molecule has 0 aliphatic carbocycles. The molecule has 134 valence electrons. The first kappa shape index (κ1) is 18.1. The van der Waals surface area contributed by atoms with Crippen LogP contribution in [0.5, 0.6) is 5.75 Å². The molecule has 25 heavy (non-hydrogen) atoms. The minimum atomic E-state index is -3.72. The van der Waals surface area contributed by atoms with Gasteiger partial charge in [0.05, 0.1) is 35.0 Å². The van der Waals surface area contributed by atoms with Crippen molar-refractivity contribution >= 4 is 37.9 Å². The van der Waals surface area contributed by atoms with Crippen molar-refractivity contribution in [2.24, 2.45) is 0 Å². The van der Waals surface area contributed by atoms with Crippen LogP contribution >= 0.6 is 22.9 Å². The molecule has 0 saturated heterocycles. The molecular formula is C15H17ClN4O3S2. The summed E-state index contributed by atoms with van der Waals surface area (Å²) < 4.78 is 34.4. The smallest absolute Gasteiger partial charge is 0.240 e. The lowest BCUT2D eigenvalue weighted by Crippen LogP contribution is -2.24. The highest BCUT2D eigenvalue weighted by Crippen LogP contribution is 2.27. The molecule has 0 aliphatic rings. The van der Waals surface area contributed by atoms with Gasteiger partial charge in [-0.15, -0.1) is 0 Å². The summed E-state index contributed by atoms with van der Waals surface area (Å²) in [5, 5.41) is 5.65. The first-order chi connectivity index (χ1) is 11.9. The van der Waals surface area contributed by atoms with Gasteiger partial charge in [-0.25, -0.2) is 22.6 Å². The van der Waals surface area contributed by atoms with Crippen LogP contribution in [0.15, 0.2) is 23.1 Å². The van der Waals surface area contributed by atoms with Gasteiger partial charge in [-0.1, -0.05) is 29.9 Å². The van der Waals surface area contributed by atoms with Crippen molar-refractivity contribution in [3.8, 4) is 5.75 Å². The third-order valence-electron chi connectivity index (χ3n) is 3.70. The second-order valence-corrected chi connectivity index (χ2v) is 8.52. The Kier molecular flexibility index (Phi) is 5.01. The van der Waals surface area contributed by atoms with E-state index < -0.39 is 10.0 Å². The average molecular weight is 401 g/mol. The number of aromatic nitrogens is 3. The molecule has 0 saturated carbocycles. The van der Waals surface area contributed by atoms with Crippen LogP contribution in [-0.4, -0.2) is 30.1 Å². The topological polar surface area (TPSA) is 85.6 Å². The molecule has 0 fully saturated rings. The summed E-state index contributed by atoms with van der Waals surface area (Å²) in [5.74, 6) is 0.420. The van der Waals surface area contributed by atoms with Crippen LogP contribution in [0.25, 0.3) is 4.96 Å². The number of ether oxygens (including phenoxy) is 1. The number of aryl methyl sites for hydroxylation is 2. The lowest BCUT2D eigenvalue weighted by atomic mass is 10.3. The Morgan fingerprint density at radius 2 is 2.16 bits per heavy atom. The van der Waals surface area contributed by atoms with Crippen LogP contribution in [0.2, 0.25) is 5.02 Å². The summed E-state index contributed by atoms with van der Waals surface area (Å²) in [6.45, 7) is 3.94. The van der Waals surface area contributed by atoms with Gasteiger partial charge in [-0.3, -0.25) is 0 Å². The summed E-state index contributed by atoms with van der Waals surface area (Å²) in [6.07, 6.45) is 0.808. The highest BCUT2D eigenvalue weighted by molar-refractivity contribution is 7.89. The second-order valence-electron chi connectivity index (χ2n) is 5.31. The van der Waals surface area contributed by atoms with Gasteiger partial charge in [0, 0.05) is 0 Å². The fourth-order valence-electron chi connectivity index (χ4n) is 2.34.